The number of rotatable bonds is 10. The second-order valence-electron chi connectivity index (χ2n) is 5.21. The Labute approximate surface area is 126 Å². The summed E-state index contributed by atoms with van der Waals surface area (Å²) in [5.74, 6) is -26.2. The van der Waals surface area contributed by atoms with Gasteiger partial charge in [-0.1, -0.05) is 32.6 Å². The molecule has 140 valence electrons. The van der Waals surface area contributed by atoms with Crippen molar-refractivity contribution in [2.75, 3.05) is 0 Å². The first kappa shape index (κ1) is 22.3. The summed E-state index contributed by atoms with van der Waals surface area (Å²) in [5, 5.41) is 0. The van der Waals surface area contributed by atoms with Crippen LogP contribution in [0.25, 0.3) is 0 Å². The molecule has 0 aliphatic rings. The highest BCUT2D eigenvalue weighted by atomic mass is 19.4. The standard InChI is InChI=1S/C12H17F10N/c1-2-3-4-5-6-7-8(13,14)9(15,16)10(17,18)11(19,20)12(21,22)23/h2-7,23H2,1H3. The third-order valence-electron chi connectivity index (χ3n) is 3.26. The number of alkyl halides is 10. The smallest absolute Gasteiger partial charge is 0.267 e. The first-order valence-electron chi connectivity index (χ1n) is 6.74. The summed E-state index contributed by atoms with van der Waals surface area (Å²) in [7, 11) is 0. The fourth-order valence-electron chi connectivity index (χ4n) is 1.74. The third kappa shape index (κ3) is 4.21. The van der Waals surface area contributed by atoms with Gasteiger partial charge in [0.05, 0.1) is 0 Å². The fraction of sp³-hybridized carbons (Fsp3) is 1.00. The molecule has 0 radical (unpaired) electrons. The van der Waals surface area contributed by atoms with Crippen molar-refractivity contribution < 1.29 is 43.9 Å². The summed E-state index contributed by atoms with van der Waals surface area (Å²) in [6, 6.07) is -6.10. The van der Waals surface area contributed by atoms with Crippen LogP contribution in [0.1, 0.15) is 45.4 Å². The molecule has 0 aromatic carbocycles. The zero-order chi connectivity index (χ0) is 18.7. The minimum absolute atomic E-state index is 0.0193. The molecule has 23 heavy (non-hydrogen) atoms. The van der Waals surface area contributed by atoms with E-state index in [0.29, 0.717) is 19.3 Å². The summed E-state index contributed by atoms with van der Waals surface area (Å²) >= 11 is 0. The molecular formula is C12H17F10N. The van der Waals surface area contributed by atoms with E-state index in [1.54, 1.807) is 6.92 Å². The topological polar surface area (TPSA) is 26.0 Å². The van der Waals surface area contributed by atoms with Gasteiger partial charge in [0.25, 0.3) is 0 Å². The molecular weight excluding hydrogens is 348 g/mol. The van der Waals surface area contributed by atoms with Crippen LogP contribution in [-0.4, -0.2) is 29.7 Å². The molecule has 0 aromatic rings. The van der Waals surface area contributed by atoms with E-state index in [1.165, 1.54) is 0 Å². The molecule has 0 fully saturated rings. The highest BCUT2D eigenvalue weighted by Gasteiger charge is 2.85. The van der Waals surface area contributed by atoms with Gasteiger partial charge in [0.15, 0.2) is 0 Å². The van der Waals surface area contributed by atoms with Gasteiger partial charge >= 0.3 is 29.7 Å². The van der Waals surface area contributed by atoms with Crippen molar-refractivity contribution in [3.05, 3.63) is 0 Å². The Balaban J connectivity index is 5.26. The van der Waals surface area contributed by atoms with E-state index in [9.17, 15) is 43.9 Å². The van der Waals surface area contributed by atoms with Gasteiger partial charge in [-0.2, -0.15) is 43.9 Å². The summed E-state index contributed by atoms with van der Waals surface area (Å²) in [6.45, 7) is 1.76. The molecule has 0 amide bonds. The van der Waals surface area contributed by atoms with Gasteiger partial charge in [0.1, 0.15) is 0 Å². The fourth-order valence-corrected chi connectivity index (χ4v) is 1.74. The van der Waals surface area contributed by atoms with Crippen LogP contribution in [0.4, 0.5) is 43.9 Å². The van der Waals surface area contributed by atoms with Crippen molar-refractivity contribution in [3.63, 3.8) is 0 Å². The molecule has 0 spiro atoms. The first-order valence-corrected chi connectivity index (χ1v) is 6.74. The Morgan fingerprint density at radius 1 is 0.609 bits per heavy atom. The molecule has 0 aromatic heterocycles. The summed E-state index contributed by atoms with van der Waals surface area (Å²) < 4.78 is 129. The van der Waals surface area contributed by atoms with E-state index in [-0.39, 0.29) is 6.42 Å². The van der Waals surface area contributed by atoms with Crippen LogP contribution < -0.4 is 5.73 Å². The molecule has 0 heterocycles. The highest BCUT2D eigenvalue weighted by molar-refractivity contribution is 5.06. The van der Waals surface area contributed by atoms with Crippen LogP contribution in [0.5, 0.6) is 0 Å². The van der Waals surface area contributed by atoms with E-state index in [2.05, 4.69) is 5.73 Å². The van der Waals surface area contributed by atoms with Crippen LogP contribution in [0.3, 0.4) is 0 Å². The van der Waals surface area contributed by atoms with E-state index in [4.69, 9.17) is 0 Å². The van der Waals surface area contributed by atoms with Gasteiger partial charge in [0.2, 0.25) is 0 Å². The number of hydrogen-bond acceptors (Lipinski definition) is 1. The van der Waals surface area contributed by atoms with Gasteiger partial charge in [0, 0.05) is 6.42 Å². The minimum atomic E-state index is -7.04. The zero-order valence-electron chi connectivity index (χ0n) is 12.1. The predicted octanol–water partition coefficient (Wildman–Crippen LogP) is 5.44. The molecule has 0 aliphatic heterocycles. The molecule has 1 nitrogen and oxygen atoms in total. The molecule has 11 heteroatoms. The zero-order valence-corrected chi connectivity index (χ0v) is 12.1. The van der Waals surface area contributed by atoms with Crippen LogP contribution >= 0.6 is 0 Å². The monoisotopic (exact) mass is 365 g/mol. The average molecular weight is 365 g/mol. The van der Waals surface area contributed by atoms with Gasteiger partial charge in [-0.3, -0.25) is 5.73 Å². The Morgan fingerprint density at radius 2 is 1.04 bits per heavy atom. The Kier molecular flexibility index (Phi) is 6.79. The van der Waals surface area contributed by atoms with E-state index >= 15 is 0 Å². The third-order valence-corrected chi connectivity index (χ3v) is 3.26. The second-order valence-corrected chi connectivity index (χ2v) is 5.21. The number of halogens is 10. The van der Waals surface area contributed by atoms with E-state index in [0.717, 1.165) is 0 Å². The quantitative estimate of drug-likeness (QED) is 0.311. The Hall–Kier alpha value is -0.740. The highest BCUT2D eigenvalue weighted by Crippen LogP contribution is 2.56. The molecule has 0 rings (SSSR count). The Morgan fingerprint density at radius 3 is 1.43 bits per heavy atom. The molecule has 0 saturated carbocycles. The lowest BCUT2D eigenvalue weighted by Gasteiger charge is -2.38. The maximum Gasteiger partial charge on any atom is 0.392 e. The normalized spacial score (nSPS) is 15.1. The molecule has 0 bridgehead atoms. The van der Waals surface area contributed by atoms with E-state index < -0.39 is 42.6 Å². The number of unbranched alkanes of at least 4 members (excludes halogenated alkanes) is 4. The lowest BCUT2D eigenvalue weighted by atomic mass is 9.93. The van der Waals surface area contributed by atoms with E-state index in [1.807, 2.05) is 0 Å². The Bertz CT molecular complexity index is 375. The molecule has 0 aliphatic carbocycles. The lowest BCUT2D eigenvalue weighted by molar-refractivity contribution is -0.401. The summed E-state index contributed by atoms with van der Waals surface area (Å²) in [4.78, 5) is 0. The maximum atomic E-state index is 13.3. The molecule has 0 atom stereocenters. The van der Waals surface area contributed by atoms with Gasteiger partial charge in [-0.05, 0) is 6.42 Å². The van der Waals surface area contributed by atoms with Crippen molar-refractivity contribution in [1.29, 1.82) is 0 Å². The van der Waals surface area contributed by atoms with Gasteiger partial charge < -0.3 is 0 Å². The second kappa shape index (κ2) is 7.02. The van der Waals surface area contributed by atoms with Crippen molar-refractivity contribution in [2.24, 2.45) is 5.73 Å². The maximum absolute atomic E-state index is 13.3. The number of hydrogen-bond donors (Lipinski definition) is 1. The van der Waals surface area contributed by atoms with Gasteiger partial charge in [-0.25, -0.2) is 0 Å². The van der Waals surface area contributed by atoms with Crippen molar-refractivity contribution in [2.45, 2.75) is 75.2 Å². The van der Waals surface area contributed by atoms with Crippen LogP contribution in [-0.2, 0) is 0 Å². The molecule has 2 N–H and O–H groups in total. The largest absolute Gasteiger partial charge is 0.392 e. The molecule has 0 saturated heterocycles. The first-order chi connectivity index (χ1) is 10.1. The van der Waals surface area contributed by atoms with Crippen molar-refractivity contribution >= 4 is 0 Å². The van der Waals surface area contributed by atoms with Gasteiger partial charge in [-0.15, -0.1) is 0 Å². The summed E-state index contributed by atoms with van der Waals surface area (Å²) in [5.41, 5.74) is 3.45. The summed E-state index contributed by atoms with van der Waals surface area (Å²) in [6.07, 6.45) is -0.896. The SMILES string of the molecule is CCCCCCCC(F)(F)C(F)(F)C(F)(F)C(F)(F)C(N)(F)F. The average Bonchev–Trinajstić information content (AvgIpc) is 2.36. The van der Waals surface area contributed by atoms with Crippen LogP contribution in [0.2, 0.25) is 0 Å². The van der Waals surface area contributed by atoms with Crippen molar-refractivity contribution in [1.82, 2.24) is 0 Å². The minimum Gasteiger partial charge on any atom is -0.267 e. The lowest BCUT2D eigenvalue weighted by Crippen LogP contribution is -2.69. The van der Waals surface area contributed by atoms with Crippen molar-refractivity contribution in [3.8, 4) is 0 Å². The van der Waals surface area contributed by atoms with Crippen LogP contribution in [0, 0.1) is 0 Å². The van der Waals surface area contributed by atoms with Crippen LogP contribution in [0.15, 0.2) is 0 Å². The predicted molar refractivity (Wildman–Crippen MR) is 62.3 cm³/mol. The molecule has 0 unspecified atom stereocenters. The number of nitrogens with two attached hydrogens (primary N) is 1.